The van der Waals surface area contributed by atoms with E-state index >= 15 is 0 Å². The van der Waals surface area contributed by atoms with E-state index in [4.69, 9.17) is 0 Å². The van der Waals surface area contributed by atoms with Crippen LogP contribution >= 0.6 is 35.7 Å². The number of thioether (sulfide) groups is 1. The average molecular weight is 411 g/mol. The van der Waals surface area contributed by atoms with Crippen LogP contribution in [-0.4, -0.2) is 43.0 Å². The van der Waals surface area contributed by atoms with Crippen LogP contribution in [0.15, 0.2) is 29.3 Å². The van der Waals surface area contributed by atoms with Gasteiger partial charge in [-0.1, -0.05) is 12.1 Å². The molecule has 1 aromatic carbocycles. The quantitative estimate of drug-likeness (QED) is 0.337. The Bertz CT molecular complexity index is 415. The highest BCUT2D eigenvalue weighted by molar-refractivity contribution is 14.0. The fourth-order valence-corrected chi connectivity index (χ4v) is 1.97. The first-order valence-corrected chi connectivity index (χ1v) is 7.79. The Morgan fingerprint density at radius 1 is 1.45 bits per heavy atom. The number of benzene rings is 1. The van der Waals surface area contributed by atoms with Gasteiger partial charge < -0.3 is 10.2 Å². The molecule has 0 fully saturated rings. The molecule has 0 heterocycles. The number of nitrogens with zero attached hydrogens (tertiary/aromatic N) is 2. The standard InChI is InChI=1S/C14H22FN3S.HI/c1-4-16-14(17-8-9-19-3)18(2)11-12-6-5-7-13(15)10-12;/h5-7,10H,4,8-9,11H2,1-3H3,(H,16,17);1H. The maximum atomic E-state index is 13.1. The van der Waals surface area contributed by atoms with Crippen LogP contribution in [0.5, 0.6) is 0 Å². The maximum absolute atomic E-state index is 13.1. The lowest BCUT2D eigenvalue weighted by Gasteiger charge is -2.22. The predicted molar refractivity (Wildman–Crippen MR) is 97.6 cm³/mol. The normalized spacial score (nSPS) is 10.9. The third kappa shape index (κ3) is 7.33. The summed E-state index contributed by atoms with van der Waals surface area (Å²) < 4.78 is 13.1. The molecule has 0 bridgehead atoms. The number of hydrogen-bond acceptors (Lipinski definition) is 2. The molecular formula is C14H23FIN3S. The van der Waals surface area contributed by atoms with E-state index in [1.54, 1.807) is 23.9 Å². The Kier molecular flexibility index (Phi) is 10.9. The van der Waals surface area contributed by atoms with E-state index in [0.29, 0.717) is 6.54 Å². The van der Waals surface area contributed by atoms with Crippen molar-refractivity contribution in [1.29, 1.82) is 0 Å². The SMILES string of the molecule is CCNC(=NCCSC)N(C)Cc1cccc(F)c1.I. The zero-order chi connectivity index (χ0) is 14.1. The van der Waals surface area contributed by atoms with Crippen LogP contribution in [0.4, 0.5) is 4.39 Å². The zero-order valence-electron chi connectivity index (χ0n) is 12.2. The molecule has 20 heavy (non-hydrogen) atoms. The number of aliphatic imine (C=N–C) groups is 1. The van der Waals surface area contributed by atoms with Gasteiger partial charge in [-0.2, -0.15) is 11.8 Å². The molecule has 6 heteroatoms. The summed E-state index contributed by atoms with van der Waals surface area (Å²) in [6.45, 7) is 4.30. The lowest BCUT2D eigenvalue weighted by atomic mass is 10.2. The van der Waals surface area contributed by atoms with Crippen LogP contribution in [0.2, 0.25) is 0 Å². The molecule has 1 N–H and O–H groups in total. The van der Waals surface area contributed by atoms with Crippen molar-refractivity contribution in [1.82, 2.24) is 10.2 Å². The van der Waals surface area contributed by atoms with E-state index in [-0.39, 0.29) is 29.8 Å². The number of nitrogens with one attached hydrogen (secondary N) is 1. The third-order valence-corrected chi connectivity index (χ3v) is 3.15. The number of guanidine groups is 1. The molecule has 0 unspecified atom stereocenters. The van der Waals surface area contributed by atoms with E-state index in [2.05, 4.69) is 16.6 Å². The van der Waals surface area contributed by atoms with Crippen molar-refractivity contribution >= 4 is 41.7 Å². The second-order valence-electron chi connectivity index (χ2n) is 4.21. The lowest BCUT2D eigenvalue weighted by Crippen LogP contribution is -2.38. The number of halogens is 2. The molecule has 0 atom stereocenters. The monoisotopic (exact) mass is 411 g/mol. The Balaban J connectivity index is 0.00000361. The Labute approximate surface area is 142 Å². The summed E-state index contributed by atoms with van der Waals surface area (Å²) in [5, 5.41) is 3.25. The Morgan fingerprint density at radius 3 is 2.80 bits per heavy atom. The fourth-order valence-electron chi connectivity index (χ4n) is 1.70. The van der Waals surface area contributed by atoms with Gasteiger partial charge >= 0.3 is 0 Å². The molecule has 0 saturated carbocycles. The van der Waals surface area contributed by atoms with Gasteiger partial charge in [0.1, 0.15) is 5.82 Å². The van der Waals surface area contributed by atoms with Crippen molar-refractivity contribution in [3.63, 3.8) is 0 Å². The Morgan fingerprint density at radius 2 is 2.20 bits per heavy atom. The van der Waals surface area contributed by atoms with E-state index in [1.807, 2.05) is 24.9 Å². The molecule has 0 amide bonds. The second-order valence-corrected chi connectivity index (χ2v) is 5.20. The van der Waals surface area contributed by atoms with Crippen LogP contribution < -0.4 is 5.32 Å². The first-order chi connectivity index (χ1) is 9.17. The van der Waals surface area contributed by atoms with Crippen molar-refractivity contribution in [3.05, 3.63) is 35.6 Å². The first kappa shape index (κ1) is 19.5. The van der Waals surface area contributed by atoms with Gasteiger partial charge in [-0.25, -0.2) is 4.39 Å². The van der Waals surface area contributed by atoms with Crippen molar-refractivity contribution in [2.45, 2.75) is 13.5 Å². The molecule has 0 aliphatic rings. The summed E-state index contributed by atoms with van der Waals surface area (Å²) in [6, 6.07) is 6.67. The summed E-state index contributed by atoms with van der Waals surface area (Å²) in [7, 11) is 1.96. The van der Waals surface area contributed by atoms with Crippen LogP contribution in [0.25, 0.3) is 0 Å². The molecule has 0 radical (unpaired) electrons. The van der Waals surface area contributed by atoms with Crippen molar-refractivity contribution < 1.29 is 4.39 Å². The van der Waals surface area contributed by atoms with Gasteiger partial charge in [0.2, 0.25) is 0 Å². The van der Waals surface area contributed by atoms with Crippen molar-refractivity contribution in [3.8, 4) is 0 Å². The van der Waals surface area contributed by atoms with Gasteiger partial charge in [0.05, 0.1) is 6.54 Å². The lowest BCUT2D eigenvalue weighted by molar-refractivity contribution is 0.475. The van der Waals surface area contributed by atoms with Gasteiger partial charge in [0, 0.05) is 25.9 Å². The first-order valence-electron chi connectivity index (χ1n) is 6.40. The molecule has 0 aromatic heterocycles. The van der Waals surface area contributed by atoms with E-state index in [0.717, 1.165) is 30.4 Å². The molecule has 1 aromatic rings. The highest BCUT2D eigenvalue weighted by Crippen LogP contribution is 2.06. The minimum absolute atomic E-state index is 0. The minimum atomic E-state index is -0.199. The van der Waals surface area contributed by atoms with E-state index in [9.17, 15) is 4.39 Å². The average Bonchev–Trinajstić information content (AvgIpc) is 2.38. The topological polar surface area (TPSA) is 27.6 Å². The predicted octanol–water partition coefficient (Wildman–Crippen LogP) is 3.20. The van der Waals surface area contributed by atoms with Gasteiger partial charge in [0.25, 0.3) is 0 Å². The fraction of sp³-hybridized carbons (Fsp3) is 0.500. The molecule has 0 aliphatic carbocycles. The molecular weight excluding hydrogens is 388 g/mol. The highest BCUT2D eigenvalue weighted by Gasteiger charge is 2.06. The molecule has 114 valence electrons. The smallest absolute Gasteiger partial charge is 0.193 e. The summed E-state index contributed by atoms with van der Waals surface area (Å²) in [6.07, 6.45) is 2.07. The second kappa shape index (κ2) is 11.2. The van der Waals surface area contributed by atoms with Gasteiger partial charge in [-0.3, -0.25) is 4.99 Å². The minimum Gasteiger partial charge on any atom is -0.357 e. The summed E-state index contributed by atoms with van der Waals surface area (Å²) in [5.74, 6) is 1.67. The Hall–Kier alpha value is -0.500. The van der Waals surface area contributed by atoms with Crippen LogP contribution in [0.3, 0.4) is 0 Å². The van der Waals surface area contributed by atoms with Crippen molar-refractivity contribution in [2.24, 2.45) is 4.99 Å². The largest absolute Gasteiger partial charge is 0.357 e. The maximum Gasteiger partial charge on any atom is 0.193 e. The van der Waals surface area contributed by atoms with Crippen molar-refractivity contribution in [2.75, 3.05) is 32.1 Å². The molecule has 0 saturated heterocycles. The molecule has 0 aliphatic heterocycles. The van der Waals surface area contributed by atoms with E-state index in [1.165, 1.54) is 6.07 Å². The summed E-state index contributed by atoms with van der Waals surface area (Å²) >= 11 is 1.78. The van der Waals surface area contributed by atoms with Crippen LogP contribution in [-0.2, 0) is 6.54 Å². The molecule has 1 rings (SSSR count). The summed E-state index contributed by atoms with van der Waals surface area (Å²) in [5.41, 5.74) is 0.943. The summed E-state index contributed by atoms with van der Waals surface area (Å²) in [4.78, 5) is 6.55. The van der Waals surface area contributed by atoms with E-state index < -0.39 is 0 Å². The number of hydrogen-bond donors (Lipinski definition) is 1. The van der Waals surface area contributed by atoms with Gasteiger partial charge in [-0.15, -0.1) is 24.0 Å². The molecule has 0 spiro atoms. The van der Waals surface area contributed by atoms with Gasteiger partial charge in [0.15, 0.2) is 5.96 Å². The van der Waals surface area contributed by atoms with Crippen LogP contribution in [0, 0.1) is 5.82 Å². The number of rotatable bonds is 6. The molecule has 3 nitrogen and oxygen atoms in total. The van der Waals surface area contributed by atoms with Crippen LogP contribution in [0.1, 0.15) is 12.5 Å². The van der Waals surface area contributed by atoms with Gasteiger partial charge in [-0.05, 0) is 30.9 Å². The third-order valence-electron chi connectivity index (χ3n) is 2.56. The zero-order valence-corrected chi connectivity index (χ0v) is 15.4. The highest BCUT2D eigenvalue weighted by atomic mass is 127.